The first-order chi connectivity index (χ1) is 12.7. The lowest BCUT2D eigenvalue weighted by molar-refractivity contribution is 0.0842. The molecule has 0 spiro atoms. The largest absolute Gasteiger partial charge is 0.381 e. The van der Waals surface area contributed by atoms with Gasteiger partial charge in [0.15, 0.2) is 0 Å². The summed E-state index contributed by atoms with van der Waals surface area (Å²) in [5.41, 5.74) is 6.64. The van der Waals surface area contributed by atoms with Gasteiger partial charge < -0.3 is 9.30 Å². The molecule has 3 aromatic rings. The molecule has 26 heavy (non-hydrogen) atoms. The van der Waals surface area contributed by atoms with Crippen LogP contribution in [0.3, 0.4) is 0 Å². The standard InChI is InChI=1S/C22H21FN2O/c1-14-8-19(2-3-20(14)23)25-21(15-4-6-26-7-5-15)10-16-9-17-12-24-13-18(17)11-22(16)25/h2-3,8-11,13,15H,4-7,12H2,1H3. The monoisotopic (exact) mass is 348 g/mol. The van der Waals surface area contributed by atoms with Gasteiger partial charge >= 0.3 is 0 Å². The second-order valence-corrected chi connectivity index (χ2v) is 7.30. The summed E-state index contributed by atoms with van der Waals surface area (Å²) in [5.74, 6) is 0.302. The second-order valence-electron chi connectivity index (χ2n) is 7.30. The van der Waals surface area contributed by atoms with Crippen molar-refractivity contribution >= 4 is 17.1 Å². The number of aliphatic imine (C=N–C) groups is 1. The summed E-state index contributed by atoms with van der Waals surface area (Å²) in [4.78, 5) is 4.39. The molecule has 0 bridgehead atoms. The number of fused-ring (bicyclic) bond motifs is 2. The molecular weight excluding hydrogens is 327 g/mol. The topological polar surface area (TPSA) is 26.5 Å². The predicted molar refractivity (Wildman–Crippen MR) is 102 cm³/mol. The number of hydrogen-bond donors (Lipinski definition) is 0. The number of halogens is 1. The molecule has 3 heterocycles. The molecule has 2 aliphatic rings. The highest BCUT2D eigenvalue weighted by atomic mass is 19.1. The molecule has 0 radical (unpaired) electrons. The van der Waals surface area contributed by atoms with Gasteiger partial charge in [0.2, 0.25) is 0 Å². The SMILES string of the molecule is Cc1cc(-n2c(C3CCOCC3)cc3cc4c(cc32)C=NC4)ccc1F. The summed E-state index contributed by atoms with van der Waals surface area (Å²) in [6.45, 7) is 4.19. The van der Waals surface area contributed by atoms with Gasteiger partial charge in [-0.2, -0.15) is 0 Å². The van der Waals surface area contributed by atoms with E-state index in [0.717, 1.165) is 38.3 Å². The van der Waals surface area contributed by atoms with E-state index < -0.39 is 0 Å². The van der Waals surface area contributed by atoms with Crippen LogP contribution in [0.4, 0.5) is 4.39 Å². The third kappa shape index (κ3) is 2.48. The molecule has 0 atom stereocenters. The Balaban J connectivity index is 1.76. The first kappa shape index (κ1) is 15.8. The fourth-order valence-electron chi connectivity index (χ4n) is 4.19. The molecule has 0 N–H and O–H groups in total. The highest BCUT2D eigenvalue weighted by molar-refractivity contribution is 5.94. The second kappa shape index (κ2) is 6.06. The van der Waals surface area contributed by atoms with Crippen LogP contribution >= 0.6 is 0 Å². The minimum absolute atomic E-state index is 0.161. The normalized spacial score (nSPS) is 17.2. The van der Waals surface area contributed by atoms with Crippen LogP contribution in [-0.4, -0.2) is 24.0 Å². The fourth-order valence-corrected chi connectivity index (χ4v) is 4.19. The van der Waals surface area contributed by atoms with Crippen LogP contribution < -0.4 is 0 Å². The molecule has 4 heteroatoms. The molecule has 2 aliphatic heterocycles. The Morgan fingerprint density at radius 2 is 1.96 bits per heavy atom. The molecule has 1 saturated heterocycles. The van der Waals surface area contributed by atoms with Gasteiger partial charge in [-0.3, -0.25) is 4.99 Å². The Hall–Kier alpha value is -2.46. The van der Waals surface area contributed by atoms with Crippen molar-refractivity contribution in [3.05, 3.63) is 64.6 Å². The van der Waals surface area contributed by atoms with E-state index in [0.29, 0.717) is 11.5 Å². The van der Waals surface area contributed by atoms with Crippen LogP contribution in [0, 0.1) is 12.7 Å². The van der Waals surface area contributed by atoms with Gasteiger partial charge in [0.05, 0.1) is 12.1 Å². The van der Waals surface area contributed by atoms with E-state index >= 15 is 0 Å². The lowest BCUT2D eigenvalue weighted by Crippen LogP contribution is -2.16. The number of benzene rings is 2. The summed E-state index contributed by atoms with van der Waals surface area (Å²) in [5, 5.41) is 1.23. The van der Waals surface area contributed by atoms with Crippen LogP contribution in [0.25, 0.3) is 16.6 Å². The number of aryl methyl sites for hydroxylation is 1. The Morgan fingerprint density at radius 1 is 1.12 bits per heavy atom. The predicted octanol–water partition coefficient (Wildman–Crippen LogP) is 4.90. The minimum atomic E-state index is -0.161. The zero-order chi connectivity index (χ0) is 17.7. The van der Waals surface area contributed by atoms with E-state index in [4.69, 9.17) is 4.74 Å². The van der Waals surface area contributed by atoms with Crippen molar-refractivity contribution in [1.29, 1.82) is 0 Å². The zero-order valence-corrected chi connectivity index (χ0v) is 14.8. The Kier molecular flexibility index (Phi) is 3.68. The maximum Gasteiger partial charge on any atom is 0.126 e. The number of hydrogen-bond acceptors (Lipinski definition) is 2. The lowest BCUT2D eigenvalue weighted by Gasteiger charge is -2.24. The molecule has 0 unspecified atom stereocenters. The van der Waals surface area contributed by atoms with Gasteiger partial charge in [0.25, 0.3) is 0 Å². The molecule has 3 nitrogen and oxygen atoms in total. The van der Waals surface area contributed by atoms with Crippen molar-refractivity contribution in [2.75, 3.05) is 13.2 Å². The van der Waals surface area contributed by atoms with Gasteiger partial charge in [-0.25, -0.2) is 4.39 Å². The first-order valence-corrected chi connectivity index (χ1v) is 9.23. The molecule has 1 aromatic heterocycles. The third-order valence-electron chi connectivity index (χ3n) is 5.62. The van der Waals surface area contributed by atoms with E-state index in [1.54, 1.807) is 6.07 Å². The van der Waals surface area contributed by atoms with Crippen molar-refractivity contribution in [2.24, 2.45) is 4.99 Å². The lowest BCUT2D eigenvalue weighted by atomic mass is 9.96. The van der Waals surface area contributed by atoms with Crippen LogP contribution in [0.2, 0.25) is 0 Å². The average Bonchev–Trinajstić information content (AvgIpc) is 3.26. The summed E-state index contributed by atoms with van der Waals surface area (Å²) < 4.78 is 21.7. The first-order valence-electron chi connectivity index (χ1n) is 9.23. The molecule has 0 aliphatic carbocycles. The Bertz CT molecular complexity index is 1030. The van der Waals surface area contributed by atoms with E-state index in [9.17, 15) is 4.39 Å². The zero-order valence-electron chi connectivity index (χ0n) is 14.8. The quantitative estimate of drug-likeness (QED) is 0.647. The summed E-state index contributed by atoms with van der Waals surface area (Å²) in [6, 6.07) is 12.2. The molecule has 5 rings (SSSR count). The number of ether oxygens (including phenoxy) is 1. The van der Waals surface area contributed by atoms with Crippen LogP contribution in [0.1, 0.15) is 41.1 Å². The van der Waals surface area contributed by atoms with Gasteiger partial charge in [-0.15, -0.1) is 0 Å². The highest BCUT2D eigenvalue weighted by Crippen LogP contribution is 2.36. The van der Waals surface area contributed by atoms with Crippen molar-refractivity contribution in [2.45, 2.75) is 32.2 Å². The van der Waals surface area contributed by atoms with E-state index in [2.05, 4.69) is 27.8 Å². The number of rotatable bonds is 2. The molecule has 1 fully saturated rings. The fraction of sp³-hybridized carbons (Fsp3) is 0.318. The van der Waals surface area contributed by atoms with E-state index in [1.807, 2.05) is 25.3 Å². The maximum absolute atomic E-state index is 13.8. The van der Waals surface area contributed by atoms with E-state index in [1.165, 1.54) is 27.7 Å². The maximum atomic E-state index is 13.8. The summed E-state index contributed by atoms with van der Waals surface area (Å²) in [7, 11) is 0. The van der Waals surface area contributed by atoms with Gasteiger partial charge in [-0.1, -0.05) is 0 Å². The molecule has 132 valence electrons. The van der Waals surface area contributed by atoms with Gasteiger partial charge in [-0.05, 0) is 72.9 Å². The Morgan fingerprint density at radius 3 is 2.77 bits per heavy atom. The summed E-state index contributed by atoms with van der Waals surface area (Å²) >= 11 is 0. The third-order valence-corrected chi connectivity index (χ3v) is 5.62. The van der Waals surface area contributed by atoms with E-state index in [-0.39, 0.29) is 5.82 Å². The highest BCUT2D eigenvalue weighted by Gasteiger charge is 2.23. The van der Waals surface area contributed by atoms with Gasteiger partial charge in [0, 0.05) is 42.1 Å². The van der Waals surface area contributed by atoms with Crippen LogP contribution in [0.15, 0.2) is 41.4 Å². The van der Waals surface area contributed by atoms with Crippen LogP contribution in [-0.2, 0) is 11.3 Å². The smallest absolute Gasteiger partial charge is 0.126 e. The number of nitrogens with zero attached hydrogens (tertiary/aromatic N) is 2. The molecule has 2 aromatic carbocycles. The number of aromatic nitrogens is 1. The van der Waals surface area contributed by atoms with Crippen LogP contribution in [0.5, 0.6) is 0 Å². The van der Waals surface area contributed by atoms with Gasteiger partial charge in [0.1, 0.15) is 5.82 Å². The molecule has 0 saturated carbocycles. The van der Waals surface area contributed by atoms with Crippen molar-refractivity contribution in [1.82, 2.24) is 4.57 Å². The summed E-state index contributed by atoms with van der Waals surface area (Å²) in [6.07, 6.45) is 4.01. The average molecular weight is 348 g/mol. The van der Waals surface area contributed by atoms with Crippen molar-refractivity contribution in [3.8, 4) is 5.69 Å². The Labute approximate surface area is 152 Å². The molecular formula is C22H21FN2O. The minimum Gasteiger partial charge on any atom is -0.381 e. The molecule has 0 amide bonds. The van der Waals surface area contributed by atoms with Crippen molar-refractivity contribution in [3.63, 3.8) is 0 Å². The van der Waals surface area contributed by atoms with Crippen molar-refractivity contribution < 1.29 is 9.13 Å².